The van der Waals surface area contributed by atoms with Crippen LogP contribution in [0.1, 0.15) is 17.5 Å². The van der Waals surface area contributed by atoms with Crippen LogP contribution in [0.3, 0.4) is 0 Å². The van der Waals surface area contributed by atoms with E-state index in [0.717, 1.165) is 12.0 Å². The topological polar surface area (TPSA) is 46.3 Å². The smallest absolute Gasteiger partial charge is 0.227 e. The lowest BCUT2D eigenvalue weighted by molar-refractivity contribution is -0.131. The average molecular weight is 300 g/mol. The minimum absolute atomic E-state index is 0.0112. The first-order valence-electron chi connectivity index (χ1n) is 7.45. The van der Waals surface area contributed by atoms with Gasteiger partial charge in [-0.05, 0) is 36.2 Å². The summed E-state index contributed by atoms with van der Waals surface area (Å²) >= 11 is 0. The molecule has 0 saturated heterocycles. The van der Waals surface area contributed by atoms with Gasteiger partial charge in [-0.25, -0.2) is 4.39 Å². The Morgan fingerprint density at radius 3 is 2.45 bits per heavy atom. The molecule has 0 bridgehead atoms. The molecular weight excluding hydrogens is 279 g/mol. The highest BCUT2D eigenvalue weighted by molar-refractivity contribution is 5.78. The van der Waals surface area contributed by atoms with E-state index in [1.807, 2.05) is 30.3 Å². The minimum Gasteiger partial charge on any atom is -0.338 e. The van der Waals surface area contributed by atoms with Gasteiger partial charge in [-0.15, -0.1) is 0 Å². The zero-order valence-electron chi connectivity index (χ0n) is 12.5. The summed E-state index contributed by atoms with van der Waals surface area (Å²) in [5.74, 6) is -0.329. The molecule has 0 heterocycles. The van der Waals surface area contributed by atoms with E-state index >= 15 is 0 Å². The molecule has 1 amide bonds. The Balaban J connectivity index is 2.05. The van der Waals surface area contributed by atoms with Gasteiger partial charge in [0.15, 0.2) is 0 Å². The van der Waals surface area contributed by atoms with Gasteiger partial charge in [0.2, 0.25) is 5.91 Å². The molecule has 2 N–H and O–H groups in total. The van der Waals surface area contributed by atoms with Crippen molar-refractivity contribution < 1.29 is 9.18 Å². The van der Waals surface area contributed by atoms with Crippen molar-refractivity contribution in [2.45, 2.75) is 19.4 Å². The Bertz CT molecular complexity index is 601. The number of benzene rings is 2. The fourth-order valence-corrected chi connectivity index (χ4v) is 2.31. The molecule has 0 spiro atoms. The molecule has 0 fully saturated rings. The Morgan fingerprint density at radius 1 is 1.05 bits per heavy atom. The number of amides is 1. The van der Waals surface area contributed by atoms with Gasteiger partial charge in [0.25, 0.3) is 0 Å². The average Bonchev–Trinajstić information content (AvgIpc) is 2.52. The van der Waals surface area contributed by atoms with Gasteiger partial charge in [0.1, 0.15) is 5.82 Å². The number of rotatable bonds is 7. The van der Waals surface area contributed by atoms with Crippen LogP contribution in [0.15, 0.2) is 54.6 Å². The van der Waals surface area contributed by atoms with Gasteiger partial charge in [0, 0.05) is 13.1 Å². The molecule has 0 aliphatic heterocycles. The van der Waals surface area contributed by atoms with Gasteiger partial charge in [-0.3, -0.25) is 4.79 Å². The molecule has 0 radical (unpaired) electrons. The minimum atomic E-state index is -0.318. The molecule has 0 unspecified atom stereocenters. The van der Waals surface area contributed by atoms with Crippen LogP contribution in [-0.2, 0) is 17.8 Å². The predicted octanol–water partition coefficient (Wildman–Crippen LogP) is 2.75. The van der Waals surface area contributed by atoms with Crippen molar-refractivity contribution in [2.75, 3.05) is 13.1 Å². The molecule has 2 rings (SSSR count). The normalized spacial score (nSPS) is 10.5. The number of nitrogens with zero attached hydrogens (tertiary/aromatic N) is 1. The Labute approximate surface area is 130 Å². The lowest BCUT2D eigenvalue weighted by Gasteiger charge is -2.23. The second-order valence-corrected chi connectivity index (χ2v) is 5.25. The highest BCUT2D eigenvalue weighted by Crippen LogP contribution is 2.10. The van der Waals surface area contributed by atoms with Gasteiger partial charge >= 0.3 is 0 Å². The summed E-state index contributed by atoms with van der Waals surface area (Å²) in [5, 5.41) is 0. The SMILES string of the molecule is NCCCN(Cc1ccccc1)C(=O)Cc1cccc(F)c1. The maximum absolute atomic E-state index is 13.2. The van der Waals surface area contributed by atoms with Crippen molar-refractivity contribution >= 4 is 5.91 Å². The molecule has 3 nitrogen and oxygen atoms in total. The highest BCUT2D eigenvalue weighted by Gasteiger charge is 2.14. The van der Waals surface area contributed by atoms with Crippen LogP contribution < -0.4 is 5.73 Å². The summed E-state index contributed by atoms with van der Waals surface area (Å²) in [4.78, 5) is 14.3. The van der Waals surface area contributed by atoms with Crippen molar-refractivity contribution in [2.24, 2.45) is 5.73 Å². The third-order valence-corrected chi connectivity index (χ3v) is 3.45. The van der Waals surface area contributed by atoms with Crippen molar-refractivity contribution in [1.29, 1.82) is 0 Å². The van der Waals surface area contributed by atoms with E-state index in [9.17, 15) is 9.18 Å². The Kier molecular flexibility index (Phi) is 6.10. The van der Waals surface area contributed by atoms with Crippen LogP contribution in [0, 0.1) is 5.82 Å². The zero-order valence-corrected chi connectivity index (χ0v) is 12.5. The van der Waals surface area contributed by atoms with Crippen LogP contribution in [-0.4, -0.2) is 23.9 Å². The van der Waals surface area contributed by atoms with Crippen LogP contribution in [0.25, 0.3) is 0 Å². The van der Waals surface area contributed by atoms with Crippen molar-refractivity contribution in [1.82, 2.24) is 4.90 Å². The lowest BCUT2D eigenvalue weighted by atomic mass is 10.1. The number of hydrogen-bond acceptors (Lipinski definition) is 2. The first-order valence-corrected chi connectivity index (χ1v) is 7.45. The Hall–Kier alpha value is -2.20. The zero-order chi connectivity index (χ0) is 15.8. The first kappa shape index (κ1) is 16.2. The molecule has 0 aromatic heterocycles. The van der Waals surface area contributed by atoms with Crippen LogP contribution in [0.2, 0.25) is 0 Å². The largest absolute Gasteiger partial charge is 0.338 e. The third-order valence-electron chi connectivity index (χ3n) is 3.45. The van der Waals surface area contributed by atoms with Crippen LogP contribution >= 0.6 is 0 Å². The quantitative estimate of drug-likeness (QED) is 0.854. The number of halogens is 1. The van der Waals surface area contributed by atoms with Crippen molar-refractivity contribution in [3.05, 3.63) is 71.5 Å². The number of carbonyl (C=O) groups excluding carboxylic acids is 1. The van der Waals surface area contributed by atoms with E-state index in [1.165, 1.54) is 12.1 Å². The summed E-state index contributed by atoms with van der Waals surface area (Å²) in [5.41, 5.74) is 7.32. The fraction of sp³-hybridized carbons (Fsp3) is 0.278. The summed E-state index contributed by atoms with van der Waals surface area (Å²) in [6, 6.07) is 16.0. The molecular formula is C18H21FN2O. The second-order valence-electron chi connectivity index (χ2n) is 5.25. The van der Waals surface area contributed by atoms with Crippen LogP contribution in [0.4, 0.5) is 4.39 Å². The standard InChI is InChI=1S/C18H21FN2O/c19-17-9-4-8-16(12-17)13-18(22)21(11-5-10-20)14-15-6-2-1-3-7-15/h1-4,6-9,12H,5,10-11,13-14,20H2. The Morgan fingerprint density at radius 2 is 1.77 bits per heavy atom. The first-order chi connectivity index (χ1) is 10.7. The molecule has 22 heavy (non-hydrogen) atoms. The van der Waals surface area contributed by atoms with Gasteiger partial charge in [-0.1, -0.05) is 42.5 Å². The molecule has 2 aromatic rings. The fourth-order valence-electron chi connectivity index (χ4n) is 2.31. The molecule has 2 aromatic carbocycles. The maximum Gasteiger partial charge on any atom is 0.227 e. The van der Waals surface area contributed by atoms with E-state index in [-0.39, 0.29) is 18.1 Å². The van der Waals surface area contributed by atoms with E-state index in [2.05, 4.69) is 0 Å². The van der Waals surface area contributed by atoms with E-state index < -0.39 is 0 Å². The summed E-state index contributed by atoms with van der Waals surface area (Å²) in [6.07, 6.45) is 0.955. The predicted molar refractivity (Wildman–Crippen MR) is 85.6 cm³/mol. The van der Waals surface area contributed by atoms with E-state index in [0.29, 0.717) is 25.2 Å². The second kappa shape index (κ2) is 8.29. The lowest BCUT2D eigenvalue weighted by Crippen LogP contribution is -2.33. The monoisotopic (exact) mass is 300 g/mol. The van der Waals surface area contributed by atoms with Gasteiger partial charge < -0.3 is 10.6 Å². The number of nitrogens with two attached hydrogens (primary N) is 1. The van der Waals surface area contributed by atoms with Gasteiger partial charge in [-0.2, -0.15) is 0 Å². The summed E-state index contributed by atoms with van der Waals surface area (Å²) in [6.45, 7) is 1.70. The molecule has 0 aliphatic carbocycles. The molecule has 4 heteroatoms. The van der Waals surface area contributed by atoms with Crippen molar-refractivity contribution in [3.63, 3.8) is 0 Å². The molecule has 0 atom stereocenters. The maximum atomic E-state index is 13.2. The van der Waals surface area contributed by atoms with E-state index in [4.69, 9.17) is 5.73 Å². The summed E-state index contributed by atoms with van der Waals surface area (Å²) < 4.78 is 13.2. The van der Waals surface area contributed by atoms with Crippen molar-refractivity contribution in [3.8, 4) is 0 Å². The molecule has 116 valence electrons. The summed E-state index contributed by atoms with van der Waals surface area (Å²) in [7, 11) is 0. The number of hydrogen-bond donors (Lipinski definition) is 1. The van der Waals surface area contributed by atoms with E-state index in [1.54, 1.807) is 17.0 Å². The van der Waals surface area contributed by atoms with Gasteiger partial charge in [0.05, 0.1) is 6.42 Å². The third kappa shape index (κ3) is 4.97. The highest BCUT2D eigenvalue weighted by atomic mass is 19.1. The molecule has 0 saturated carbocycles. The van der Waals surface area contributed by atoms with Crippen LogP contribution in [0.5, 0.6) is 0 Å². The number of carbonyl (C=O) groups is 1. The molecule has 0 aliphatic rings.